The van der Waals surface area contributed by atoms with E-state index in [4.69, 9.17) is 21.7 Å². The zero-order valence-electron chi connectivity index (χ0n) is 17.4. The Morgan fingerprint density at radius 3 is 2.23 bits per heavy atom. The third-order valence-corrected chi connectivity index (χ3v) is 8.07. The fraction of sp³-hybridized carbons (Fsp3) is 0.600. The lowest BCUT2D eigenvalue weighted by Crippen LogP contribution is -2.53. The number of piperazine rings is 1. The van der Waals surface area contributed by atoms with Crippen LogP contribution in [0.1, 0.15) is 12.8 Å². The largest absolute Gasteiger partial charge is 0.379 e. The first-order chi connectivity index (χ1) is 14.9. The summed E-state index contributed by atoms with van der Waals surface area (Å²) in [5.74, 6) is 0.0769. The molecule has 3 aliphatic rings. The normalized spacial score (nSPS) is 23.0. The number of sulfonamides is 1. The molecule has 0 aromatic heterocycles. The van der Waals surface area contributed by atoms with Crippen LogP contribution in [-0.2, 0) is 24.3 Å². The Labute approximate surface area is 188 Å². The van der Waals surface area contributed by atoms with Gasteiger partial charge in [-0.2, -0.15) is 4.31 Å². The van der Waals surface area contributed by atoms with Gasteiger partial charge in [0.15, 0.2) is 5.11 Å². The van der Waals surface area contributed by atoms with Crippen molar-refractivity contribution in [3.05, 3.63) is 24.3 Å². The Morgan fingerprint density at radius 1 is 0.968 bits per heavy atom. The second-order valence-electron chi connectivity index (χ2n) is 7.78. The van der Waals surface area contributed by atoms with Crippen molar-refractivity contribution in [1.82, 2.24) is 14.1 Å². The first-order valence-electron chi connectivity index (χ1n) is 10.6. The highest BCUT2D eigenvalue weighted by atomic mass is 32.2. The number of rotatable bonds is 4. The molecule has 1 amide bonds. The van der Waals surface area contributed by atoms with Crippen LogP contribution in [0.4, 0.5) is 5.69 Å². The van der Waals surface area contributed by atoms with Gasteiger partial charge in [0.25, 0.3) is 5.91 Å². The van der Waals surface area contributed by atoms with Crippen molar-refractivity contribution in [2.45, 2.75) is 23.8 Å². The van der Waals surface area contributed by atoms with E-state index in [9.17, 15) is 13.2 Å². The van der Waals surface area contributed by atoms with Gasteiger partial charge in [-0.3, -0.25) is 4.79 Å². The van der Waals surface area contributed by atoms with Crippen molar-refractivity contribution in [3.63, 3.8) is 0 Å². The molecule has 11 heteroatoms. The summed E-state index contributed by atoms with van der Waals surface area (Å²) in [6.07, 6.45) is 1.46. The van der Waals surface area contributed by atoms with E-state index in [0.29, 0.717) is 64.2 Å². The fourth-order valence-electron chi connectivity index (χ4n) is 3.95. The van der Waals surface area contributed by atoms with Crippen LogP contribution < -0.4 is 5.32 Å². The zero-order chi connectivity index (χ0) is 21.8. The van der Waals surface area contributed by atoms with Crippen molar-refractivity contribution < 1.29 is 22.7 Å². The van der Waals surface area contributed by atoms with Crippen LogP contribution in [0, 0.1) is 0 Å². The van der Waals surface area contributed by atoms with Gasteiger partial charge in [-0.15, -0.1) is 0 Å². The van der Waals surface area contributed by atoms with Gasteiger partial charge in [-0.05, 0) is 49.3 Å². The van der Waals surface area contributed by atoms with E-state index in [1.807, 2.05) is 9.80 Å². The Kier molecular flexibility index (Phi) is 7.07. The molecule has 1 N–H and O–H groups in total. The van der Waals surface area contributed by atoms with Gasteiger partial charge in [0.05, 0.1) is 18.1 Å². The highest BCUT2D eigenvalue weighted by Gasteiger charge is 2.31. The van der Waals surface area contributed by atoms with E-state index in [0.717, 1.165) is 18.5 Å². The molecule has 1 atom stereocenters. The fourth-order valence-corrected chi connectivity index (χ4v) is 5.66. The molecular formula is C20H28N4O5S2. The summed E-state index contributed by atoms with van der Waals surface area (Å²) in [4.78, 5) is 16.6. The van der Waals surface area contributed by atoms with Gasteiger partial charge in [-0.25, -0.2) is 8.42 Å². The third-order valence-electron chi connectivity index (χ3n) is 5.80. The summed E-state index contributed by atoms with van der Waals surface area (Å²) in [6, 6.07) is 6.62. The Balaban J connectivity index is 1.29. The van der Waals surface area contributed by atoms with E-state index < -0.39 is 10.0 Å². The van der Waals surface area contributed by atoms with E-state index in [1.54, 1.807) is 24.3 Å². The number of anilines is 1. The van der Waals surface area contributed by atoms with Crippen LogP contribution in [0.15, 0.2) is 29.2 Å². The predicted molar refractivity (Wildman–Crippen MR) is 119 cm³/mol. The van der Waals surface area contributed by atoms with Crippen molar-refractivity contribution in [3.8, 4) is 0 Å². The van der Waals surface area contributed by atoms with E-state index in [-0.39, 0.29) is 16.9 Å². The predicted octanol–water partition coefficient (Wildman–Crippen LogP) is 0.728. The van der Waals surface area contributed by atoms with Crippen molar-refractivity contribution in [1.29, 1.82) is 0 Å². The highest BCUT2D eigenvalue weighted by Crippen LogP contribution is 2.20. The third kappa shape index (κ3) is 5.17. The first-order valence-corrected chi connectivity index (χ1v) is 12.4. The SMILES string of the molecule is O=C([C@H]1CCCO1)N1CCN(C(=S)Nc2ccc(S(=O)(=O)N3CCOCC3)cc2)CC1. The molecule has 0 aliphatic carbocycles. The number of nitrogens with one attached hydrogen (secondary N) is 1. The number of morpholine rings is 1. The highest BCUT2D eigenvalue weighted by molar-refractivity contribution is 7.89. The van der Waals surface area contributed by atoms with Gasteiger partial charge in [0.1, 0.15) is 6.10 Å². The van der Waals surface area contributed by atoms with Crippen molar-refractivity contribution in [2.24, 2.45) is 0 Å². The number of thiocarbonyl (C=S) groups is 1. The Hall–Kier alpha value is -1.79. The molecule has 0 unspecified atom stereocenters. The monoisotopic (exact) mass is 468 g/mol. The molecule has 31 heavy (non-hydrogen) atoms. The molecule has 4 rings (SSSR count). The van der Waals surface area contributed by atoms with Gasteiger partial charge >= 0.3 is 0 Å². The maximum Gasteiger partial charge on any atom is 0.251 e. The minimum Gasteiger partial charge on any atom is -0.379 e. The number of nitrogens with zero attached hydrogens (tertiary/aromatic N) is 3. The van der Waals surface area contributed by atoms with Gasteiger partial charge < -0.3 is 24.6 Å². The number of carbonyl (C=O) groups excluding carboxylic acids is 1. The second kappa shape index (κ2) is 9.78. The maximum absolute atomic E-state index is 12.7. The van der Waals surface area contributed by atoms with Crippen LogP contribution in [-0.4, -0.2) is 98.7 Å². The maximum atomic E-state index is 12.7. The lowest BCUT2D eigenvalue weighted by Gasteiger charge is -2.37. The van der Waals surface area contributed by atoms with Crippen LogP contribution in [0.2, 0.25) is 0 Å². The summed E-state index contributed by atoms with van der Waals surface area (Å²) in [5, 5.41) is 3.73. The number of ether oxygens (including phenoxy) is 2. The molecule has 3 fully saturated rings. The van der Waals surface area contributed by atoms with Crippen LogP contribution in [0.25, 0.3) is 0 Å². The van der Waals surface area contributed by atoms with E-state index in [1.165, 1.54) is 4.31 Å². The Bertz CT molecular complexity index is 889. The lowest BCUT2D eigenvalue weighted by molar-refractivity contribution is -0.142. The van der Waals surface area contributed by atoms with E-state index in [2.05, 4.69) is 5.32 Å². The first kappa shape index (κ1) is 22.4. The standard InChI is InChI=1S/C20H28N4O5S2/c25-19(18-2-1-13-29-18)22-7-9-23(10-8-22)20(30)21-16-3-5-17(6-4-16)31(26,27)24-11-14-28-15-12-24/h3-6,18H,1-2,7-15H2,(H,21,30)/t18-/m1/s1. The molecular weight excluding hydrogens is 440 g/mol. The number of carbonyl (C=O) groups is 1. The average molecular weight is 469 g/mol. The van der Waals surface area contributed by atoms with E-state index >= 15 is 0 Å². The lowest BCUT2D eigenvalue weighted by atomic mass is 10.2. The molecule has 170 valence electrons. The molecule has 9 nitrogen and oxygen atoms in total. The topological polar surface area (TPSA) is 91.4 Å². The molecule has 3 heterocycles. The minimum absolute atomic E-state index is 0.0769. The van der Waals surface area contributed by atoms with Gasteiger partial charge in [0, 0.05) is 51.6 Å². The molecule has 3 saturated heterocycles. The molecule has 1 aromatic rings. The molecule has 0 bridgehead atoms. The van der Waals surface area contributed by atoms with Crippen LogP contribution in [0.5, 0.6) is 0 Å². The molecule has 1 aromatic carbocycles. The minimum atomic E-state index is -3.51. The molecule has 0 radical (unpaired) electrons. The number of hydrogen-bond donors (Lipinski definition) is 1. The molecule has 0 spiro atoms. The Morgan fingerprint density at radius 2 is 1.61 bits per heavy atom. The van der Waals surface area contributed by atoms with Gasteiger partial charge in [-0.1, -0.05) is 0 Å². The van der Waals surface area contributed by atoms with Crippen LogP contribution in [0.3, 0.4) is 0 Å². The summed E-state index contributed by atoms with van der Waals surface area (Å²) >= 11 is 5.52. The smallest absolute Gasteiger partial charge is 0.251 e. The van der Waals surface area contributed by atoms with Crippen molar-refractivity contribution >= 4 is 38.9 Å². The second-order valence-corrected chi connectivity index (χ2v) is 10.1. The molecule has 0 saturated carbocycles. The van der Waals surface area contributed by atoms with Gasteiger partial charge in [0.2, 0.25) is 10.0 Å². The number of hydrogen-bond acceptors (Lipinski definition) is 6. The molecule has 3 aliphatic heterocycles. The van der Waals surface area contributed by atoms with Crippen LogP contribution >= 0.6 is 12.2 Å². The number of benzene rings is 1. The summed E-state index contributed by atoms with van der Waals surface area (Å²) in [5.41, 5.74) is 0.726. The summed E-state index contributed by atoms with van der Waals surface area (Å²) in [7, 11) is -3.51. The average Bonchev–Trinajstić information content (AvgIpc) is 3.35. The summed E-state index contributed by atoms with van der Waals surface area (Å²) < 4.78 is 37.6. The quantitative estimate of drug-likeness (QED) is 0.647. The van der Waals surface area contributed by atoms with Crippen molar-refractivity contribution in [2.75, 3.05) is 64.4 Å². The summed E-state index contributed by atoms with van der Waals surface area (Å²) in [6.45, 7) is 4.74. The number of amides is 1. The zero-order valence-corrected chi connectivity index (χ0v) is 19.0.